The Morgan fingerprint density at radius 2 is 1.67 bits per heavy atom. The van der Waals surface area contributed by atoms with Crippen LogP contribution in [0.25, 0.3) is 16.9 Å². The third kappa shape index (κ3) is 5.03. The van der Waals surface area contributed by atoms with Crippen LogP contribution in [0.2, 0.25) is 0 Å². The van der Waals surface area contributed by atoms with Crippen molar-refractivity contribution in [3.63, 3.8) is 0 Å². The van der Waals surface area contributed by atoms with Crippen LogP contribution in [0.3, 0.4) is 0 Å². The molecule has 1 amide bonds. The number of nitrogens with one attached hydrogen (secondary N) is 2. The second-order valence-corrected chi connectivity index (χ2v) is 8.25. The maximum Gasteiger partial charge on any atom is 0.251 e. The average molecular weight is 486 g/mol. The molecule has 36 heavy (non-hydrogen) atoms. The molecule has 5 heterocycles. The molecule has 8 heteroatoms. The number of anilines is 3. The van der Waals surface area contributed by atoms with Crippen molar-refractivity contribution in [3.8, 4) is 11.3 Å². The molecule has 0 bridgehead atoms. The van der Waals surface area contributed by atoms with Gasteiger partial charge in [0.1, 0.15) is 0 Å². The molecular formula is C28H35N7O. The van der Waals surface area contributed by atoms with Gasteiger partial charge in [-0.1, -0.05) is 33.8 Å². The predicted molar refractivity (Wildman–Crippen MR) is 146 cm³/mol. The van der Waals surface area contributed by atoms with Gasteiger partial charge in [-0.05, 0) is 54.7 Å². The number of benzene rings is 1. The smallest absolute Gasteiger partial charge is 0.251 e. The lowest BCUT2D eigenvalue weighted by atomic mass is 10.0. The Balaban J connectivity index is 0.000000726. The minimum absolute atomic E-state index is 0.00704. The fraction of sp³-hybridized carbons (Fsp3) is 0.357. The molecule has 8 nitrogen and oxygen atoms in total. The number of carbonyl (C=O) groups excluding carboxylic acids is 1. The predicted octanol–water partition coefficient (Wildman–Crippen LogP) is 5.82. The van der Waals surface area contributed by atoms with Crippen LogP contribution in [0.1, 0.15) is 62.9 Å². The van der Waals surface area contributed by atoms with Crippen LogP contribution in [0.15, 0.2) is 55.1 Å². The van der Waals surface area contributed by atoms with Gasteiger partial charge in [-0.3, -0.25) is 9.20 Å². The molecule has 2 aliphatic heterocycles. The Bertz CT molecular complexity index is 1310. The van der Waals surface area contributed by atoms with Crippen LogP contribution in [-0.2, 0) is 6.54 Å². The Kier molecular flexibility index (Phi) is 8.15. The molecule has 1 saturated heterocycles. The van der Waals surface area contributed by atoms with Gasteiger partial charge in [0.15, 0.2) is 5.65 Å². The molecule has 0 unspecified atom stereocenters. The number of hydrogen-bond donors (Lipinski definition) is 2. The molecule has 0 aliphatic carbocycles. The standard InChI is InChI=1S/C24H23N7O.2C2H6/c32-23-19-5-4-16(12-17(19)13-26-23)21-7-6-20(22-25-8-11-31(21)22)29-18-14-27-24(28-15-18)30-9-2-1-3-10-30;2*1-2/h4-8,11-12,14-15,29H,1-3,9-10,13H2,(H,26,32);2*1-2H3. The van der Waals surface area contributed by atoms with Gasteiger partial charge < -0.3 is 15.5 Å². The molecule has 1 fully saturated rings. The SMILES string of the molecule is CC.CC.O=C1NCc2cc(-c3ccc(Nc4cnc(N5CCCCC5)nc4)c4nccn34)ccc21. The summed E-state index contributed by atoms with van der Waals surface area (Å²) >= 11 is 0. The summed E-state index contributed by atoms with van der Waals surface area (Å²) in [5.41, 5.74) is 6.36. The van der Waals surface area contributed by atoms with Gasteiger partial charge in [-0.2, -0.15) is 0 Å². The quantitative estimate of drug-likeness (QED) is 0.379. The molecule has 3 aromatic heterocycles. The highest BCUT2D eigenvalue weighted by molar-refractivity contribution is 5.99. The maximum atomic E-state index is 11.9. The van der Waals surface area contributed by atoms with E-state index in [0.717, 1.165) is 58.4 Å². The van der Waals surface area contributed by atoms with E-state index in [4.69, 9.17) is 0 Å². The fourth-order valence-electron chi connectivity index (χ4n) is 4.54. The molecule has 188 valence electrons. The van der Waals surface area contributed by atoms with Crippen LogP contribution in [0.4, 0.5) is 17.3 Å². The number of pyridine rings is 1. The number of nitrogens with zero attached hydrogens (tertiary/aromatic N) is 5. The number of fused-ring (bicyclic) bond motifs is 2. The van der Waals surface area contributed by atoms with Gasteiger partial charge in [0.05, 0.1) is 29.5 Å². The second-order valence-electron chi connectivity index (χ2n) is 8.25. The van der Waals surface area contributed by atoms with Crippen LogP contribution in [0.5, 0.6) is 0 Å². The van der Waals surface area contributed by atoms with E-state index in [1.807, 2.05) is 64.5 Å². The zero-order valence-corrected chi connectivity index (χ0v) is 21.6. The minimum atomic E-state index is -0.00704. The van der Waals surface area contributed by atoms with E-state index in [1.165, 1.54) is 19.3 Å². The van der Waals surface area contributed by atoms with Gasteiger partial charge in [-0.15, -0.1) is 0 Å². The number of imidazole rings is 1. The summed E-state index contributed by atoms with van der Waals surface area (Å²) in [6, 6.07) is 10.0. The first-order valence-corrected chi connectivity index (χ1v) is 13.0. The van der Waals surface area contributed by atoms with E-state index in [-0.39, 0.29) is 5.91 Å². The van der Waals surface area contributed by atoms with Crippen molar-refractivity contribution < 1.29 is 4.79 Å². The van der Waals surface area contributed by atoms with E-state index in [1.54, 1.807) is 6.20 Å². The summed E-state index contributed by atoms with van der Waals surface area (Å²) in [6.45, 7) is 10.6. The third-order valence-electron chi connectivity index (χ3n) is 6.19. The first-order chi connectivity index (χ1) is 17.8. The molecule has 0 spiro atoms. The van der Waals surface area contributed by atoms with Crippen molar-refractivity contribution in [1.82, 2.24) is 24.7 Å². The normalized spacial score (nSPS) is 14.2. The van der Waals surface area contributed by atoms with Gasteiger partial charge in [0.25, 0.3) is 5.91 Å². The van der Waals surface area contributed by atoms with Gasteiger partial charge in [0, 0.05) is 37.6 Å². The first-order valence-electron chi connectivity index (χ1n) is 13.0. The monoisotopic (exact) mass is 485 g/mol. The molecule has 4 aromatic rings. The molecule has 2 aliphatic rings. The number of piperidine rings is 1. The summed E-state index contributed by atoms with van der Waals surface area (Å²) in [7, 11) is 0. The zero-order chi connectivity index (χ0) is 25.5. The number of rotatable bonds is 4. The lowest BCUT2D eigenvalue weighted by molar-refractivity contribution is 0.0965. The molecule has 0 radical (unpaired) electrons. The molecule has 0 atom stereocenters. The van der Waals surface area contributed by atoms with Gasteiger partial charge in [-0.25, -0.2) is 15.0 Å². The largest absolute Gasteiger partial charge is 0.350 e. The highest BCUT2D eigenvalue weighted by Crippen LogP contribution is 2.29. The minimum Gasteiger partial charge on any atom is -0.350 e. The Labute approximate surface area is 212 Å². The van der Waals surface area contributed by atoms with Crippen molar-refractivity contribution in [1.29, 1.82) is 0 Å². The second kappa shape index (κ2) is 11.7. The summed E-state index contributed by atoms with van der Waals surface area (Å²) in [6.07, 6.45) is 11.1. The van der Waals surface area contributed by atoms with Crippen LogP contribution in [0, 0.1) is 0 Å². The molecule has 2 N–H and O–H groups in total. The van der Waals surface area contributed by atoms with Crippen LogP contribution in [-0.4, -0.2) is 38.3 Å². The summed E-state index contributed by atoms with van der Waals surface area (Å²) < 4.78 is 2.05. The van der Waals surface area contributed by atoms with E-state index in [0.29, 0.717) is 6.54 Å². The third-order valence-corrected chi connectivity index (χ3v) is 6.19. The highest BCUT2D eigenvalue weighted by Gasteiger charge is 2.20. The summed E-state index contributed by atoms with van der Waals surface area (Å²) in [5, 5.41) is 6.28. The fourth-order valence-corrected chi connectivity index (χ4v) is 4.54. The lowest BCUT2D eigenvalue weighted by Crippen LogP contribution is -2.30. The van der Waals surface area contributed by atoms with Crippen molar-refractivity contribution in [2.45, 2.75) is 53.5 Å². The van der Waals surface area contributed by atoms with Gasteiger partial charge >= 0.3 is 0 Å². The Hall–Kier alpha value is -3.94. The summed E-state index contributed by atoms with van der Waals surface area (Å²) in [5.74, 6) is 0.786. The molecule has 6 rings (SSSR count). The van der Waals surface area contributed by atoms with Crippen molar-refractivity contribution in [2.24, 2.45) is 0 Å². The number of aromatic nitrogens is 4. The van der Waals surface area contributed by atoms with Crippen molar-refractivity contribution >= 4 is 28.9 Å². The van der Waals surface area contributed by atoms with Crippen LogP contribution >= 0.6 is 0 Å². The molecule has 1 aromatic carbocycles. The molecule has 0 saturated carbocycles. The van der Waals surface area contributed by atoms with E-state index < -0.39 is 0 Å². The Morgan fingerprint density at radius 1 is 0.917 bits per heavy atom. The summed E-state index contributed by atoms with van der Waals surface area (Å²) in [4.78, 5) is 27.8. The average Bonchev–Trinajstić information content (AvgIpc) is 3.59. The highest BCUT2D eigenvalue weighted by atomic mass is 16.1. The number of hydrogen-bond acceptors (Lipinski definition) is 6. The maximum absolute atomic E-state index is 11.9. The number of amides is 1. The lowest BCUT2D eigenvalue weighted by Gasteiger charge is -2.26. The van der Waals surface area contributed by atoms with E-state index in [9.17, 15) is 4.79 Å². The van der Waals surface area contributed by atoms with E-state index >= 15 is 0 Å². The first kappa shape index (κ1) is 25.2. The topological polar surface area (TPSA) is 87.5 Å². The number of carbonyl (C=O) groups is 1. The van der Waals surface area contributed by atoms with Gasteiger partial charge in [0.2, 0.25) is 5.95 Å². The van der Waals surface area contributed by atoms with Crippen LogP contribution < -0.4 is 15.5 Å². The van der Waals surface area contributed by atoms with E-state index in [2.05, 4.69) is 47.0 Å². The van der Waals surface area contributed by atoms with Crippen molar-refractivity contribution in [2.75, 3.05) is 23.3 Å². The molecular weight excluding hydrogens is 450 g/mol. The van der Waals surface area contributed by atoms with Crippen molar-refractivity contribution in [3.05, 3.63) is 66.2 Å². The Morgan fingerprint density at radius 3 is 2.42 bits per heavy atom. The zero-order valence-electron chi connectivity index (χ0n) is 21.6.